The number of aryl methyl sites for hydroxylation is 1. The van der Waals surface area contributed by atoms with Crippen LogP contribution in [-0.4, -0.2) is 11.1 Å². The maximum absolute atomic E-state index is 11.8. The van der Waals surface area contributed by atoms with Crippen LogP contribution in [0.1, 0.15) is 57.6 Å². The van der Waals surface area contributed by atoms with E-state index in [0.717, 1.165) is 30.4 Å². The Hall–Kier alpha value is -1.75. The van der Waals surface area contributed by atoms with E-state index < -0.39 is 11.4 Å². The van der Waals surface area contributed by atoms with E-state index in [-0.39, 0.29) is 5.41 Å². The molecule has 0 aliphatic carbocycles. The Morgan fingerprint density at radius 2 is 1.90 bits per heavy atom. The van der Waals surface area contributed by atoms with Crippen molar-refractivity contribution in [2.45, 2.75) is 58.8 Å². The van der Waals surface area contributed by atoms with Crippen LogP contribution in [0, 0.1) is 24.7 Å². The number of benzene rings is 1. The van der Waals surface area contributed by atoms with Gasteiger partial charge in [0, 0.05) is 6.42 Å². The second-order valence-corrected chi connectivity index (χ2v) is 6.88. The highest BCUT2D eigenvalue weighted by atomic mass is 16.4. The van der Waals surface area contributed by atoms with Crippen molar-refractivity contribution >= 4 is 5.97 Å². The van der Waals surface area contributed by atoms with Gasteiger partial charge in [0.2, 0.25) is 0 Å². The molecule has 1 rings (SSSR count). The van der Waals surface area contributed by atoms with Gasteiger partial charge in [0.25, 0.3) is 0 Å². The van der Waals surface area contributed by atoms with Gasteiger partial charge in [-0.15, -0.1) is 12.3 Å². The zero-order chi connectivity index (χ0) is 16.1. The first-order valence-electron chi connectivity index (χ1n) is 7.45. The summed E-state index contributed by atoms with van der Waals surface area (Å²) in [7, 11) is 0. The standard InChI is InChI=1S/C19H26O2/c1-6-7-11-18(3,4)12-13-19(5,17(20)21)16-10-8-9-15(2)14-16/h1,8-10,14H,7,11-13H2,2-5H3,(H,20,21). The van der Waals surface area contributed by atoms with Crippen molar-refractivity contribution < 1.29 is 9.90 Å². The monoisotopic (exact) mass is 286 g/mol. The van der Waals surface area contributed by atoms with E-state index in [2.05, 4.69) is 19.8 Å². The Bertz CT molecular complexity index is 537. The Morgan fingerprint density at radius 1 is 1.24 bits per heavy atom. The Labute approximate surface area is 128 Å². The summed E-state index contributed by atoms with van der Waals surface area (Å²) in [6, 6.07) is 7.80. The van der Waals surface area contributed by atoms with E-state index >= 15 is 0 Å². The molecule has 0 radical (unpaired) electrons. The largest absolute Gasteiger partial charge is 0.481 e. The molecule has 1 unspecified atom stereocenters. The number of terminal acetylenes is 1. The fourth-order valence-corrected chi connectivity index (χ4v) is 2.49. The second-order valence-electron chi connectivity index (χ2n) is 6.88. The Kier molecular flexibility index (Phi) is 5.61. The number of carboxylic acid groups (broad SMARTS) is 1. The summed E-state index contributed by atoms with van der Waals surface area (Å²) in [5, 5.41) is 9.72. The minimum Gasteiger partial charge on any atom is -0.481 e. The van der Waals surface area contributed by atoms with Gasteiger partial charge < -0.3 is 5.11 Å². The molecule has 2 heteroatoms. The third kappa shape index (κ3) is 4.63. The minimum absolute atomic E-state index is 0.0624. The molecule has 0 aromatic heterocycles. The van der Waals surface area contributed by atoms with Crippen molar-refractivity contribution in [3.63, 3.8) is 0 Å². The van der Waals surface area contributed by atoms with Gasteiger partial charge in [-0.05, 0) is 44.1 Å². The first-order valence-corrected chi connectivity index (χ1v) is 7.45. The molecule has 0 saturated carbocycles. The molecule has 2 nitrogen and oxygen atoms in total. The van der Waals surface area contributed by atoms with Crippen LogP contribution in [0.25, 0.3) is 0 Å². The third-order valence-electron chi connectivity index (χ3n) is 4.38. The van der Waals surface area contributed by atoms with E-state index in [4.69, 9.17) is 6.42 Å². The molecule has 1 aromatic rings. The molecular weight excluding hydrogens is 260 g/mol. The van der Waals surface area contributed by atoms with Crippen LogP contribution in [-0.2, 0) is 10.2 Å². The van der Waals surface area contributed by atoms with Crippen LogP contribution in [0.4, 0.5) is 0 Å². The second kappa shape index (κ2) is 6.80. The summed E-state index contributed by atoms with van der Waals surface area (Å²) in [4.78, 5) is 11.8. The van der Waals surface area contributed by atoms with Gasteiger partial charge in [-0.3, -0.25) is 4.79 Å². The number of aliphatic carboxylic acids is 1. The summed E-state index contributed by atoms with van der Waals surface area (Å²) in [6.45, 7) is 8.12. The molecule has 1 aromatic carbocycles. The quantitative estimate of drug-likeness (QED) is 0.746. The van der Waals surface area contributed by atoms with E-state index in [0.29, 0.717) is 6.42 Å². The molecule has 1 N–H and O–H groups in total. The van der Waals surface area contributed by atoms with Gasteiger partial charge >= 0.3 is 5.97 Å². The van der Waals surface area contributed by atoms with Crippen LogP contribution in [0.5, 0.6) is 0 Å². The predicted octanol–water partition coefficient (Wildman–Crippen LogP) is 4.56. The highest BCUT2D eigenvalue weighted by Crippen LogP contribution is 2.37. The SMILES string of the molecule is C#CCCC(C)(C)CCC(C)(C(=O)O)c1cccc(C)c1. The summed E-state index contributed by atoms with van der Waals surface area (Å²) < 4.78 is 0. The summed E-state index contributed by atoms with van der Waals surface area (Å²) >= 11 is 0. The third-order valence-corrected chi connectivity index (χ3v) is 4.38. The molecule has 0 aliphatic heterocycles. The molecule has 0 aliphatic rings. The maximum Gasteiger partial charge on any atom is 0.313 e. The number of carbonyl (C=O) groups is 1. The molecule has 0 spiro atoms. The fourth-order valence-electron chi connectivity index (χ4n) is 2.49. The first kappa shape index (κ1) is 17.3. The number of rotatable bonds is 7. The average Bonchev–Trinajstić information content (AvgIpc) is 2.42. The lowest BCUT2D eigenvalue weighted by atomic mass is 9.72. The number of hydrogen-bond donors (Lipinski definition) is 1. The lowest BCUT2D eigenvalue weighted by Crippen LogP contribution is -2.34. The molecule has 21 heavy (non-hydrogen) atoms. The molecule has 0 bridgehead atoms. The van der Waals surface area contributed by atoms with Crippen molar-refractivity contribution in [3.8, 4) is 12.3 Å². The predicted molar refractivity (Wildman–Crippen MR) is 87.2 cm³/mol. The zero-order valence-electron chi connectivity index (χ0n) is 13.6. The highest BCUT2D eigenvalue weighted by molar-refractivity contribution is 5.80. The van der Waals surface area contributed by atoms with E-state index in [1.54, 1.807) is 0 Å². The van der Waals surface area contributed by atoms with Gasteiger partial charge in [0.05, 0.1) is 5.41 Å². The number of hydrogen-bond acceptors (Lipinski definition) is 1. The van der Waals surface area contributed by atoms with Gasteiger partial charge in [-0.2, -0.15) is 0 Å². The van der Waals surface area contributed by atoms with Gasteiger partial charge in [0.1, 0.15) is 0 Å². The molecular formula is C19H26O2. The van der Waals surface area contributed by atoms with Crippen molar-refractivity contribution in [3.05, 3.63) is 35.4 Å². The molecule has 114 valence electrons. The summed E-state index contributed by atoms with van der Waals surface area (Å²) in [5.41, 5.74) is 1.18. The summed E-state index contributed by atoms with van der Waals surface area (Å²) in [5.74, 6) is 1.90. The lowest BCUT2D eigenvalue weighted by molar-refractivity contribution is -0.143. The molecule has 0 heterocycles. The van der Waals surface area contributed by atoms with Crippen molar-refractivity contribution in [2.75, 3.05) is 0 Å². The van der Waals surface area contributed by atoms with Crippen LogP contribution in [0.3, 0.4) is 0 Å². The summed E-state index contributed by atoms with van der Waals surface area (Å²) in [6.07, 6.45) is 8.44. The van der Waals surface area contributed by atoms with Crippen molar-refractivity contribution in [2.24, 2.45) is 5.41 Å². The lowest BCUT2D eigenvalue weighted by Gasteiger charge is -2.31. The van der Waals surface area contributed by atoms with Crippen LogP contribution >= 0.6 is 0 Å². The minimum atomic E-state index is -0.848. The van der Waals surface area contributed by atoms with Crippen molar-refractivity contribution in [1.82, 2.24) is 0 Å². The van der Waals surface area contributed by atoms with Crippen LogP contribution in [0.2, 0.25) is 0 Å². The number of carboxylic acids is 1. The van der Waals surface area contributed by atoms with E-state index in [1.807, 2.05) is 38.1 Å². The Balaban J connectivity index is 2.93. The molecule has 0 saturated heterocycles. The van der Waals surface area contributed by atoms with E-state index in [9.17, 15) is 9.90 Å². The van der Waals surface area contributed by atoms with Gasteiger partial charge in [-0.25, -0.2) is 0 Å². The zero-order valence-corrected chi connectivity index (χ0v) is 13.6. The topological polar surface area (TPSA) is 37.3 Å². The average molecular weight is 286 g/mol. The first-order chi connectivity index (χ1) is 9.71. The van der Waals surface area contributed by atoms with Crippen LogP contribution in [0.15, 0.2) is 24.3 Å². The normalized spacial score (nSPS) is 14.2. The van der Waals surface area contributed by atoms with Crippen molar-refractivity contribution in [1.29, 1.82) is 0 Å². The van der Waals surface area contributed by atoms with E-state index in [1.165, 1.54) is 0 Å². The molecule has 0 fully saturated rings. The van der Waals surface area contributed by atoms with Gasteiger partial charge in [0.15, 0.2) is 0 Å². The molecule has 0 amide bonds. The Morgan fingerprint density at radius 3 is 2.43 bits per heavy atom. The molecule has 1 atom stereocenters. The van der Waals surface area contributed by atoms with Gasteiger partial charge in [-0.1, -0.05) is 43.7 Å². The van der Waals surface area contributed by atoms with Crippen LogP contribution < -0.4 is 0 Å². The highest BCUT2D eigenvalue weighted by Gasteiger charge is 2.36. The maximum atomic E-state index is 11.8. The fraction of sp³-hybridized carbons (Fsp3) is 0.526. The smallest absolute Gasteiger partial charge is 0.313 e.